The van der Waals surface area contributed by atoms with Crippen molar-refractivity contribution in [2.24, 2.45) is 5.73 Å². The van der Waals surface area contributed by atoms with Crippen molar-refractivity contribution in [3.8, 4) is 0 Å². The highest BCUT2D eigenvalue weighted by atomic mass is 16.5. The SMILES string of the molecule is CC(=O)OCCC(C)(C)OCCC(C)(C)N. The molecule has 0 saturated carbocycles. The van der Waals surface area contributed by atoms with Gasteiger partial charge in [0.15, 0.2) is 0 Å². The Hall–Kier alpha value is -0.610. The minimum Gasteiger partial charge on any atom is -0.466 e. The summed E-state index contributed by atoms with van der Waals surface area (Å²) in [5.74, 6) is -0.251. The third kappa shape index (κ3) is 9.93. The summed E-state index contributed by atoms with van der Waals surface area (Å²) < 4.78 is 10.6. The first kappa shape index (κ1) is 15.4. The van der Waals surface area contributed by atoms with Gasteiger partial charge in [-0.25, -0.2) is 0 Å². The van der Waals surface area contributed by atoms with E-state index in [0.717, 1.165) is 6.42 Å². The number of nitrogens with two attached hydrogens (primary N) is 1. The van der Waals surface area contributed by atoms with Gasteiger partial charge in [-0.05, 0) is 34.1 Å². The second kappa shape index (κ2) is 6.21. The van der Waals surface area contributed by atoms with Gasteiger partial charge in [0, 0.05) is 25.5 Å². The van der Waals surface area contributed by atoms with E-state index in [-0.39, 0.29) is 17.1 Å². The van der Waals surface area contributed by atoms with Crippen molar-refractivity contribution in [2.45, 2.75) is 58.6 Å². The molecule has 0 aliphatic heterocycles. The summed E-state index contributed by atoms with van der Waals surface area (Å²) in [5.41, 5.74) is 5.38. The molecule has 4 heteroatoms. The molecule has 0 rings (SSSR count). The van der Waals surface area contributed by atoms with E-state index in [1.165, 1.54) is 6.92 Å². The van der Waals surface area contributed by atoms with E-state index in [9.17, 15) is 4.79 Å². The van der Waals surface area contributed by atoms with Crippen molar-refractivity contribution >= 4 is 5.97 Å². The average Bonchev–Trinajstić information content (AvgIpc) is 1.99. The first-order valence-corrected chi connectivity index (χ1v) is 5.69. The Kier molecular flexibility index (Phi) is 5.97. The largest absolute Gasteiger partial charge is 0.466 e. The van der Waals surface area contributed by atoms with Crippen LogP contribution in [0.1, 0.15) is 47.5 Å². The highest BCUT2D eigenvalue weighted by Gasteiger charge is 2.20. The fraction of sp³-hybridized carbons (Fsp3) is 0.917. The zero-order valence-electron chi connectivity index (χ0n) is 11.1. The van der Waals surface area contributed by atoms with E-state index < -0.39 is 0 Å². The Morgan fingerprint density at radius 3 is 2.12 bits per heavy atom. The molecule has 0 bridgehead atoms. The molecule has 0 spiro atoms. The van der Waals surface area contributed by atoms with Gasteiger partial charge in [-0.3, -0.25) is 4.79 Å². The van der Waals surface area contributed by atoms with Gasteiger partial charge in [-0.2, -0.15) is 0 Å². The molecule has 96 valence electrons. The minimum atomic E-state index is -0.277. The number of ether oxygens (including phenoxy) is 2. The molecule has 0 heterocycles. The van der Waals surface area contributed by atoms with E-state index in [1.807, 2.05) is 27.7 Å². The molecular formula is C12H25NO3. The Bertz CT molecular complexity index is 219. The van der Waals surface area contributed by atoms with Crippen LogP contribution >= 0.6 is 0 Å². The Morgan fingerprint density at radius 1 is 1.12 bits per heavy atom. The average molecular weight is 231 g/mol. The Labute approximate surface area is 98.5 Å². The summed E-state index contributed by atoms with van der Waals surface area (Å²) in [4.78, 5) is 10.6. The van der Waals surface area contributed by atoms with Gasteiger partial charge in [-0.1, -0.05) is 0 Å². The van der Waals surface area contributed by atoms with Crippen molar-refractivity contribution in [1.82, 2.24) is 0 Å². The Morgan fingerprint density at radius 2 is 1.69 bits per heavy atom. The van der Waals surface area contributed by atoms with Crippen LogP contribution < -0.4 is 5.73 Å². The zero-order valence-corrected chi connectivity index (χ0v) is 11.1. The monoisotopic (exact) mass is 231 g/mol. The van der Waals surface area contributed by atoms with E-state index >= 15 is 0 Å². The maximum Gasteiger partial charge on any atom is 0.302 e. The lowest BCUT2D eigenvalue weighted by atomic mass is 10.0. The predicted molar refractivity (Wildman–Crippen MR) is 64.2 cm³/mol. The molecule has 0 aromatic rings. The van der Waals surface area contributed by atoms with Gasteiger partial charge in [0.05, 0.1) is 12.2 Å². The topological polar surface area (TPSA) is 61.5 Å². The smallest absolute Gasteiger partial charge is 0.302 e. The van der Waals surface area contributed by atoms with Crippen molar-refractivity contribution in [1.29, 1.82) is 0 Å². The van der Waals surface area contributed by atoms with Gasteiger partial charge in [0.2, 0.25) is 0 Å². The summed E-state index contributed by atoms with van der Waals surface area (Å²) in [7, 11) is 0. The van der Waals surface area contributed by atoms with Gasteiger partial charge < -0.3 is 15.2 Å². The van der Waals surface area contributed by atoms with Crippen LogP contribution in [-0.4, -0.2) is 30.3 Å². The lowest BCUT2D eigenvalue weighted by Gasteiger charge is -2.27. The van der Waals surface area contributed by atoms with Gasteiger partial charge in [0.25, 0.3) is 0 Å². The molecule has 0 amide bonds. The van der Waals surface area contributed by atoms with Gasteiger partial charge in [0.1, 0.15) is 0 Å². The number of esters is 1. The van der Waals surface area contributed by atoms with Crippen LogP contribution in [0.4, 0.5) is 0 Å². The van der Waals surface area contributed by atoms with Crippen molar-refractivity contribution in [3.63, 3.8) is 0 Å². The van der Waals surface area contributed by atoms with Crippen molar-refractivity contribution < 1.29 is 14.3 Å². The number of rotatable bonds is 7. The van der Waals surface area contributed by atoms with Crippen molar-refractivity contribution in [2.75, 3.05) is 13.2 Å². The highest BCUT2D eigenvalue weighted by molar-refractivity contribution is 5.65. The normalized spacial score (nSPS) is 12.6. The second-order valence-electron chi connectivity index (χ2n) is 5.44. The van der Waals surface area contributed by atoms with Gasteiger partial charge >= 0.3 is 5.97 Å². The van der Waals surface area contributed by atoms with E-state index in [2.05, 4.69) is 0 Å². The highest BCUT2D eigenvalue weighted by Crippen LogP contribution is 2.16. The molecule has 2 N–H and O–H groups in total. The summed E-state index contributed by atoms with van der Waals surface area (Å²) in [5, 5.41) is 0. The molecule has 0 radical (unpaired) electrons. The molecule has 4 nitrogen and oxygen atoms in total. The molecule has 0 unspecified atom stereocenters. The maximum atomic E-state index is 10.6. The van der Waals surface area contributed by atoms with E-state index in [4.69, 9.17) is 15.2 Å². The van der Waals surface area contributed by atoms with Crippen LogP contribution in [0.5, 0.6) is 0 Å². The molecule has 0 aromatic heterocycles. The first-order valence-electron chi connectivity index (χ1n) is 5.69. The zero-order chi connectivity index (χ0) is 12.8. The van der Waals surface area contributed by atoms with Crippen LogP contribution in [0.3, 0.4) is 0 Å². The fourth-order valence-corrected chi connectivity index (χ4v) is 1.10. The molecule has 0 saturated heterocycles. The lowest BCUT2D eigenvalue weighted by molar-refractivity contribution is -0.142. The quantitative estimate of drug-likeness (QED) is 0.679. The Balaban J connectivity index is 3.74. The summed E-state index contributed by atoms with van der Waals surface area (Å²) in [6, 6.07) is 0. The van der Waals surface area contributed by atoms with Crippen molar-refractivity contribution in [3.05, 3.63) is 0 Å². The van der Waals surface area contributed by atoms with E-state index in [0.29, 0.717) is 19.6 Å². The molecule has 0 fully saturated rings. The summed E-state index contributed by atoms with van der Waals surface area (Å²) in [6.45, 7) is 10.3. The fourth-order valence-electron chi connectivity index (χ4n) is 1.10. The summed E-state index contributed by atoms with van der Waals surface area (Å²) >= 11 is 0. The first-order chi connectivity index (χ1) is 7.12. The molecule has 16 heavy (non-hydrogen) atoms. The second-order valence-corrected chi connectivity index (χ2v) is 5.44. The summed E-state index contributed by atoms with van der Waals surface area (Å²) in [6.07, 6.45) is 1.50. The molecule has 0 aliphatic rings. The van der Waals surface area contributed by atoms with Crippen LogP contribution in [0.2, 0.25) is 0 Å². The number of hydrogen-bond donors (Lipinski definition) is 1. The molecule has 0 atom stereocenters. The van der Waals surface area contributed by atoms with Crippen LogP contribution in [0, 0.1) is 0 Å². The van der Waals surface area contributed by atoms with Crippen LogP contribution in [-0.2, 0) is 14.3 Å². The third-order valence-corrected chi connectivity index (χ3v) is 2.25. The number of hydrogen-bond acceptors (Lipinski definition) is 4. The molecule has 0 aliphatic carbocycles. The minimum absolute atomic E-state index is 0.202. The third-order valence-electron chi connectivity index (χ3n) is 2.25. The maximum absolute atomic E-state index is 10.6. The van der Waals surface area contributed by atoms with Gasteiger partial charge in [-0.15, -0.1) is 0 Å². The van der Waals surface area contributed by atoms with E-state index in [1.54, 1.807) is 0 Å². The lowest BCUT2D eigenvalue weighted by Crippen LogP contribution is -2.35. The predicted octanol–water partition coefficient (Wildman–Crippen LogP) is 1.86. The number of carbonyl (C=O) groups excluding carboxylic acids is 1. The van der Waals surface area contributed by atoms with Crippen LogP contribution in [0.15, 0.2) is 0 Å². The molecule has 0 aromatic carbocycles. The molecular weight excluding hydrogens is 206 g/mol. The number of carbonyl (C=O) groups is 1. The van der Waals surface area contributed by atoms with Crippen LogP contribution in [0.25, 0.3) is 0 Å². The standard InChI is InChI=1S/C12H25NO3/c1-10(14)15-8-7-12(4,5)16-9-6-11(2,3)13/h6-9,13H2,1-5H3.